The van der Waals surface area contributed by atoms with Crippen molar-refractivity contribution in [2.75, 3.05) is 13.1 Å². The first-order valence-corrected chi connectivity index (χ1v) is 6.60. The van der Waals surface area contributed by atoms with Crippen LogP contribution < -0.4 is 10.6 Å². The van der Waals surface area contributed by atoms with E-state index in [1.165, 1.54) is 0 Å². The van der Waals surface area contributed by atoms with E-state index in [2.05, 4.69) is 41.0 Å². The van der Waals surface area contributed by atoms with Crippen LogP contribution in [0.2, 0.25) is 0 Å². The maximum Gasteiger partial charge on any atom is 0.221 e. The maximum atomic E-state index is 11.5. The topological polar surface area (TPSA) is 59.0 Å². The van der Waals surface area contributed by atoms with Crippen LogP contribution in [0.1, 0.15) is 32.9 Å². The van der Waals surface area contributed by atoms with E-state index in [1.807, 2.05) is 12.5 Å². The van der Waals surface area contributed by atoms with E-state index < -0.39 is 0 Å². The lowest BCUT2D eigenvalue weighted by atomic mass is 10.2. The number of aryl methyl sites for hydroxylation is 1. The summed E-state index contributed by atoms with van der Waals surface area (Å²) < 4.78 is 2.09. The molecule has 0 spiro atoms. The molecule has 0 unspecified atom stereocenters. The fourth-order valence-corrected chi connectivity index (χ4v) is 1.60. The Kier molecular flexibility index (Phi) is 6.43. The number of hydrogen-bond acceptors (Lipinski definition) is 3. The van der Waals surface area contributed by atoms with E-state index >= 15 is 0 Å². The lowest BCUT2D eigenvalue weighted by Gasteiger charge is -2.09. The molecule has 1 amide bonds. The van der Waals surface area contributed by atoms with E-state index in [9.17, 15) is 4.79 Å². The van der Waals surface area contributed by atoms with Crippen molar-refractivity contribution in [1.82, 2.24) is 20.2 Å². The predicted octanol–water partition coefficient (Wildman–Crippen LogP) is 1.15. The molecular formula is C13H24N4O. The number of aromatic nitrogens is 2. The molecule has 1 aromatic rings. The number of carbonyl (C=O) groups excluding carboxylic acids is 1. The molecule has 0 aliphatic carbocycles. The molecule has 1 rings (SSSR count). The van der Waals surface area contributed by atoms with Crippen molar-refractivity contribution in [3.8, 4) is 0 Å². The van der Waals surface area contributed by atoms with Gasteiger partial charge in [-0.05, 0) is 12.8 Å². The second-order valence-corrected chi connectivity index (χ2v) is 4.80. The molecule has 0 aromatic carbocycles. The van der Waals surface area contributed by atoms with Crippen molar-refractivity contribution < 1.29 is 4.79 Å². The van der Waals surface area contributed by atoms with Gasteiger partial charge in [-0.1, -0.05) is 13.8 Å². The summed E-state index contributed by atoms with van der Waals surface area (Å²) in [5.41, 5.74) is 1.15. The van der Waals surface area contributed by atoms with E-state index in [-0.39, 0.29) is 5.91 Å². The quantitative estimate of drug-likeness (QED) is 0.682. The van der Waals surface area contributed by atoms with Crippen LogP contribution in [0.15, 0.2) is 12.5 Å². The first-order chi connectivity index (χ1) is 8.63. The summed E-state index contributed by atoms with van der Waals surface area (Å²) in [6, 6.07) is 0. The van der Waals surface area contributed by atoms with E-state index in [0.29, 0.717) is 18.9 Å². The highest BCUT2D eigenvalue weighted by Gasteiger charge is 2.03. The molecule has 0 radical (unpaired) electrons. The van der Waals surface area contributed by atoms with Crippen LogP contribution in [0.4, 0.5) is 0 Å². The fourth-order valence-electron chi connectivity index (χ4n) is 1.60. The van der Waals surface area contributed by atoms with Crippen LogP contribution in [-0.4, -0.2) is 28.5 Å². The zero-order valence-corrected chi connectivity index (χ0v) is 11.6. The zero-order chi connectivity index (χ0) is 13.4. The standard InChI is InChI=1S/C13H24N4O/c1-4-17-10-15-9-12(17)8-14-6-5-13(18)16-7-11(2)3/h9-11,14H,4-8H2,1-3H3,(H,16,18). The largest absolute Gasteiger partial charge is 0.356 e. The minimum atomic E-state index is 0.111. The molecule has 0 aliphatic heterocycles. The van der Waals surface area contributed by atoms with Crippen molar-refractivity contribution in [2.24, 2.45) is 5.92 Å². The molecular weight excluding hydrogens is 228 g/mol. The van der Waals surface area contributed by atoms with Gasteiger partial charge in [0.2, 0.25) is 5.91 Å². The van der Waals surface area contributed by atoms with E-state index in [4.69, 9.17) is 0 Å². The van der Waals surface area contributed by atoms with Crippen LogP contribution in [0.3, 0.4) is 0 Å². The summed E-state index contributed by atoms with van der Waals surface area (Å²) in [6.07, 6.45) is 4.20. The monoisotopic (exact) mass is 252 g/mol. The van der Waals surface area contributed by atoms with Crippen molar-refractivity contribution in [3.05, 3.63) is 18.2 Å². The van der Waals surface area contributed by atoms with Crippen molar-refractivity contribution in [1.29, 1.82) is 0 Å². The number of amides is 1. The maximum absolute atomic E-state index is 11.5. The zero-order valence-electron chi connectivity index (χ0n) is 11.6. The average molecular weight is 252 g/mol. The molecule has 0 saturated carbocycles. The Balaban J connectivity index is 2.13. The van der Waals surface area contributed by atoms with E-state index in [0.717, 1.165) is 25.3 Å². The molecule has 102 valence electrons. The first kappa shape index (κ1) is 14.7. The van der Waals surface area contributed by atoms with Crippen LogP contribution in [0.5, 0.6) is 0 Å². The summed E-state index contributed by atoms with van der Waals surface area (Å²) >= 11 is 0. The van der Waals surface area contributed by atoms with Gasteiger partial charge in [0, 0.05) is 38.8 Å². The van der Waals surface area contributed by atoms with Crippen LogP contribution in [0.25, 0.3) is 0 Å². The van der Waals surface area contributed by atoms with Gasteiger partial charge in [0.1, 0.15) is 0 Å². The minimum absolute atomic E-state index is 0.111. The number of nitrogens with one attached hydrogen (secondary N) is 2. The van der Waals surface area contributed by atoms with Gasteiger partial charge in [-0.2, -0.15) is 0 Å². The van der Waals surface area contributed by atoms with Gasteiger partial charge in [-0.3, -0.25) is 4.79 Å². The third kappa shape index (κ3) is 5.31. The fraction of sp³-hybridized carbons (Fsp3) is 0.692. The number of hydrogen-bond donors (Lipinski definition) is 2. The van der Waals surface area contributed by atoms with Crippen LogP contribution >= 0.6 is 0 Å². The molecule has 1 aromatic heterocycles. The lowest BCUT2D eigenvalue weighted by Crippen LogP contribution is -2.30. The molecule has 0 aliphatic rings. The molecule has 1 heterocycles. The SMILES string of the molecule is CCn1cncc1CNCCC(=O)NCC(C)C. The average Bonchev–Trinajstić information content (AvgIpc) is 2.79. The van der Waals surface area contributed by atoms with E-state index in [1.54, 1.807) is 0 Å². The smallest absolute Gasteiger partial charge is 0.221 e. The first-order valence-electron chi connectivity index (χ1n) is 6.60. The number of rotatable bonds is 8. The molecule has 0 bridgehead atoms. The summed E-state index contributed by atoms with van der Waals surface area (Å²) in [4.78, 5) is 15.6. The molecule has 2 N–H and O–H groups in total. The van der Waals surface area contributed by atoms with Gasteiger partial charge in [0.05, 0.1) is 12.0 Å². The molecule has 0 saturated heterocycles. The minimum Gasteiger partial charge on any atom is -0.356 e. The van der Waals surface area contributed by atoms with Gasteiger partial charge in [-0.25, -0.2) is 4.98 Å². The van der Waals surface area contributed by atoms with Crippen LogP contribution in [0, 0.1) is 5.92 Å². The van der Waals surface area contributed by atoms with Crippen molar-refractivity contribution >= 4 is 5.91 Å². The lowest BCUT2D eigenvalue weighted by molar-refractivity contribution is -0.121. The molecule has 0 atom stereocenters. The second-order valence-electron chi connectivity index (χ2n) is 4.80. The Labute approximate surface area is 109 Å². The Hall–Kier alpha value is -1.36. The Morgan fingerprint density at radius 1 is 1.50 bits per heavy atom. The molecule has 5 heteroatoms. The number of imidazole rings is 1. The van der Waals surface area contributed by atoms with Gasteiger partial charge in [0.25, 0.3) is 0 Å². The molecule has 5 nitrogen and oxygen atoms in total. The molecule has 0 fully saturated rings. The van der Waals surface area contributed by atoms with Crippen molar-refractivity contribution in [3.63, 3.8) is 0 Å². The summed E-state index contributed by atoms with van der Waals surface area (Å²) in [5, 5.41) is 6.16. The summed E-state index contributed by atoms with van der Waals surface area (Å²) in [5.74, 6) is 0.612. The Bertz CT molecular complexity index is 360. The van der Waals surface area contributed by atoms with Gasteiger partial charge >= 0.3 is 0 Å². The third-order valence-electron chi connectivity index (χ3n) is 2.68. The Morgan fingerprint density at radius 3 is 2.94 bits per heavy atom. The second kappa shape index (κ2) is 7.87. The van der Waals surface area contributed by atoms with Gasteiger partial charge in [0.15, 0.2) is 0 Å². The predicted molar refractivity (Wildman–Crippen MR) is 72.1 cm³/mol. The highest BCUT2D eigenvalue weighted by molar-refractivity contribution is 5.76. The normalized spacial score (nSPS) is 10.9. The third-order valence-corrected chi connectivity index (χ3v) is 2.68. The Morgan fingerprint density at radius 2 is 2.28 bits per heavy atom. The number of carbonyl (C=O) groups is 1. The number of nitrogens with zero attached hydrogens (tertiary/aromatic N) is 2. The van der Waals surface area contributed by atoms with Crippen LogP contribution in [-0.2, 0) is 17.9 Å². The summed E-state index contributed by atoms with van der Waals surface area (Å²) in [7, 11) is 0. The molecule has 18 heavy (non-hydrogen) atoms. The van der Waals surface area contributed by atoms with Gasteiger partial charge < -0.3 is 15.2 Å². The van der Waals surface area contributed by atoms with Gasteiger partial charge in [-0.15, -0.1) is 0 Å². The highest BCUT2D eigenvalue weighted by atomic mass is 16.1. The summed E-state index contributed by atoms with van der Waals surface area (Å²) in [6.45, 7) is 9.39. The highest BCUT2D eigenvalue weighted by Crippen LogP contribution is 1.98. The van der Waals surface area contributed by atoms with Crippen molar-refractivity contribution in [2.45, 2.75) is 40.3 Å².